The first-order chi connectivity index (χ1) is 21.0. The van der Waals surface area contributed by atoms with Crippen LogP contribution < -0.4 is 10.2 Å². The molecule has 0 fully saturated rings. The highest BCUT2D eigenvalue weighted by Crippen LogP contribution is 2.48. The third-order valence-electron chi connectivity index (χ3n) is 9.40. The number of aryl methyl sites for hydroxylation is 1. The Hall–Kier alpha value is -4.92. The number of H-pyrrole nitrogens is 2. The standard InChI is InChI=1S/C35H36N4O5/c1-8-19-15(3)22-12-24-17(5)21(10-11-28(40)41)32(38-24)30-31(35(43)44-7)34(42)29-18(6)25(39-33(29)30)14-27-20(9-2)16(4)23(37-27)13-26(19)36-22/h8,12-14,17,21,38-39,42H,1,9-11H2,2-7H3,(H,40,41)/p-2/t17-,21-/m0/s1. The molecular weight excluding hydrogens is 556 g/mol. The van der Waals surface area contributed by atoms with Gasteiger partial charge >= 0.3 is 5.97 Å². The Labute approximate surface area is 255 Å². The van der Waals surface area contributed by atoms with E-state index in [2.05, 4.69) is 30.4 Å². The third kappa shape index (κ3) is 4.29. The first kappa shape index (κ1) is 29.2. The zero-order valence-corrected chi connectivity index (χ0v) is 25.7. The molecule has 2 atom stereocenters. The Bertz CT molecular complexity index is 1970. The maximum atomic E-state index is 14.0. The molecule has 0 saturated heterocycles. The summed E-state index contributed by atoms with van der Waals surface area (Å²) in [5.41, 5.74) is 11.1. The molecule has 6 rings (SSSR count). The average Bonchev–Trinajstić information content (AvgIpc) is 3.72. The fraction of sp³-hybridized carbons (Fsp3) is 0.314. The fourth-order valence-corrected chi connectivity index (χ4v) is 6.93. The van der Waals surface area contributed by atoms with E-state index < -0.39 is 17.7 Å². The van der Waals surface area contributed by atoms with Gasteiger partial charge in [0.05, 0.1) is 41.0 Å². The molecule has 44 heavy (non-hydrogen) atoms. The highest BCUT2D eigenvalue weighted by Gasteiger charge is 2.36. The number of ether oxygens (including phenoxy) is 1. The van der Waals surface area contributed by atoms with Crippen LogP contribution >= 0.6 is 0 Å². The molecule has 1 aliphatic carbocycles. The van der Waals surface area contributed by atoms with Gasteiger partial charge in [-0.05, 0) is 86.1 Å². The van der Waals surface area contributed by atoms with Gasteiger partial charge in [-0.1, -0.05) is 32.3 Å². The molecule has 0 spiro atoms. The minimum atomic E-state index is -1.17. The van der Waals surface area contributed by atoms with E-state index >= 15 is 0 Å². The SMILES string of the molecule is C=CC1=C(C)c2cc3[nH]c(c4c5[nH]c(cc6nc(cc1n2)C(C)=C6CC)c(C)c5C([O-])=C4C(=O)OC)[C@@H](CCC(=O)[O-])[C@@H]3C. The summed E-state index contributed by atoms with van der Waals surface area (Å²) in [6.45, 7) is 14.0. The summed E-state index contributed by atoms with van der Waals surface area (Å²) in [5, 5.41) is 25.6. The van der Waals surface area contributed by atoms with Crippen LogP contribution in [0.2, 0.25) is 0 Å². The predicted molar refractivity (Wildman–Crippen MR) is 167 cm³/mol. The Morgan fingerprint density at radius 1 is 1.02 bits per heavy atom. The Morgan fingerprint density at radius 3 is 2.39 bits per heavy atom. The number of carbonyl (C=O) groups is 2. The lowest BCUT2D eigenvalue weighted by atomic mass is 9.85. The van der Waals surface area contributed by atoms with Gasteiger partial charge in [-0.3, -0.25) is 0 Å². The Balaban J connectivity index is 1.81. The van der Waals surface area contributed by atoms with Gasteiger partial charge in [-0.25, -0.2) is 14.8 Å². The summed E-state index contributed by atoms with van der Waals surface area (Å²) in [7, 11) is 1.24. The van der Waals surface area contributed by atoms with Gasteiger partial charge in [0, 0.05) is 45.8 Å². The number of hydrogen-bond acceptors (Lipinski definition) is 7. The number of hydrogen-bond donors (Lipinski definition) is 2. The second-order valence-electron chi connectivity index (χ2n) is 11.7. The lowest BCUT2D eigenvalue weighted by molar-refractivity contribution is -0.305. The summed E-state index contributed by atoms with van der Waals surface area (Å²) in [4.78, 5) is 41.7. The molecule has 9 heteroatoms. The molecule has 2 N–H and O–H groups in total. The number of fused-ring (bicyclic) bond motifs is 8. The van der Waals surface area contributed by atoms with E-state index in [1.807, 2.05) is 39.0 Å². The quantitative estimate of drug-likeness (QED) is 0.453. The van der Waals surface area contributed by atoms with Crippen molar-refractivity contribution >= 4 is 56.6 Å². The van der Waals surface area contributed by atoms with Gasteiger partial charge in [0.15, 0.2) is 0 Å². The maximum absolute atomic E-state index is 14.0. The molecule has 0 unspecified atom stereocenters. The summed E-state index contributed by atoms with van der Waals surface area (Å²) < 4.78 is 5.09. The van der Waals surface area contributed by atoms with Crippen LogP contribution in [0.1, 0.15) is 110 Å². The van der Waals surface area contributed by atoms with E-state index in [0.717, 1.165) is 57.2 Å². The molecule has 5 heterocycles. The lowest BCUT2D eigenvalue weighted by Gasteiger charge is -2.19. The first-order valence-corrected chi connectivity index (χ1v) is 14.8. The normalized spacial score (nSPS) is 18.2. The number of methoxy groups -OCH3 is 1. The second kappa shape index (κ2) is 10.7. The van der Waals surface area contributed by atoms with Crippen molar-refractivity contribution < 1.29 is 24.5 Å². The van der Waals surface area contributed by atoms with Crippen molar-refractivity contribution in [3.8, 4) is 0 Å². The molecule has 2 aromatic rings. The molecule has 4 aliphatic rings. The number of allylic oxidation sites excluding steroid dienone is 5. The van der Waals surface area contributed by atoms with Gasteiger partial charge in [-0.2, -0.15) is 0 Å². The van der Waals surface area contributed by atoms with Gasteiger partial charge in [-0.15, -0.1) is 0 Å². The number of nitrogens with one attached hydrogen (secondary N) is 2. The van der Waals surface area contributed by atoms with Crippen LogP contribution in [-0.4, -0.2) is 39.0 Å². The number of rotatable bonds is 6. The van der Waals surface area contributed by atoms with Crippen LogP contribution in [-0.2, 0) is 14.3 Å². The number of carboxylic acids is 1. The molecular formula is C35H34N4O5-2. The van der Waals surface area contributed by atoms with Crippen LogP contribution in [0.15, 0.2) is 30.9 Å². The van der Waals surface area contributed by atoms with Gasteiger partial charge in [0.25, 0.3) is 0 Å². The summed E-state index contributed by atoms with van der Waals surface area (Å²) in [6.07, 6.45) is 2.61. The van der Waals surface area contributed by atoms with Crippen LogP contribution in [0.25, 0.3) is 44.7 Å². The summed E-state index contributed by atoms with van der Waals surface area (Å²) >= 11 is 0. The van der Waals surface area contributed by atoms with E-state index in [4.69, 9.17) is 14.7 Å². The van der Waals surface area contributed by atoms with Crippen molar-refractivity contribution in [3.05, 3.63) is 81.7 Å². The lowest BCUT2D eigenvalue weighted by Crippen LogP contribution is -2.23. The smallest absolute Gasteiger partial charge is 0.337 e. The molecule has 2 aromatic heterocycles. The molecule has 0 saturated carbocycles. The van der Waals surface area contributed by atoms with E-state index in [1.54, 1.807) is 6.08 Å². The highest BCUT2D eigenvalue weighted by molar-refractivity contribution is 6.29. The van der Waals surface area contributed by atoms with Crippen LogP contribution in [0.5, 0.6) is 0 Å². The fourth-order valence-electron chi connectivity index (χ4n) is 6.93. The monoisotopic (exact) mass is 590 g/mol. The van der Waals surface area contributed by atoms with Gasteiger partial charge in [0.1, 0.15) is 0 Å². The Kier molecular flexibility index (Phi) is 7.07. The van der Waals surface area contributed by atoms with Gasteiger partial charge < -0.3 is 29.7 Å². The second-order valence-corrected chi connectivity index (χ2v) is 11.7. The molecule has 9 nitrogen and oxygen atoms in total. The molecule has 0 amide bonds. The van der Waals surface area contributed by atoms with Crippen molar-refractivity contribution in [2.45, 2.75) is 65.7 Å². The van der Waals surface area contributed by atoms with Crippen LogP contribution in [0.3, 0.4) is 0 Å². The average molecular weight is 591 g/mol. The molecule has 226 valence electrons. The first-order valence-electron chi connectivity index (χ1n) is 14.8. The largest absolute Gasteiger partial charge is 0.871 e. The van der Waals surface area contributed by atoms with Crippen molar-refractivity contribution in [1.82, 2.24) is 19.9 Å². The highest BCUT2D eigenvalue weighted by atomic mass is 16.5. The Morgan fingerprint density at radius 2 is 1.73 bits per heavy atom. The number of carbonyl (C=O) groups excluding carboxylic acids is 2. The summed E-state index contributed by atoms with van der Waals surface area (Å²) in [5.74, 6) is -2.88. The minimum absolute atomic E-state index is 0.0776. The van der Waals surface area contributed by atoms with E-state index in [-0.39, 0.29) is 30.3 Å². The van der Waals surface area contributed by atoms with E-state index in [1.165, 1.54) is 7.11 Å². The molecule has 0 radical (unpaired) electrons. The van der Waals surface area contributed by atoms with Crippen molar-refractivity contribution in [1.29, 1.82) is 0 Å². The number of aromatic nitrogens is 4. The predicted octanol–water partition coefficient (Wildman–Crippen LogP) is 4.94. The van der Waals surface area contributed by atoms with Crippen LogP contribution in [0.4, 0.5) is 0 Å². The summed E-state index contributed by atoms with van der Waals surface area (Å²) in [6, 6.07) is 5.89. The number of carboxylic acid groups (broad SMARTS) is 1. The van der Waals surface area contributed by atoms with Crippen molar-refractivity contribution in [3.63, 3.8) is 0 Å². The molecule has 0 aromatic carbocycles. The molecule has 3 aliphatic heterocycles. The zero-order chi connectivity index (χ0) is 31.6. The zero-order valence-electron chi connectivity index (χ0n) is 25.7. The molecule has 8 bridgehead atoms. The number of aliphatic carboxylic acids is 1. The topological polar surface area (TPSA) is 147 Å². The number of esters is 1. The third-order valence-corrected chi connectivity index (χ3v) is 9.40. The van der Waals surface area contributed by atoms with E-state index in [9.17, 15) is 19.8 Å². The van der Waals surface area contributed by atoms with E-state index in [0.29, 0.717) is 33.4 Å². The number of aromatic amines is 2. The van der Waals surface area contributed by atoms with Crippen molar-refractivity contribution in [2.24, 2.45) is 0 Å². The van der Waals surface area contributed by atoms with Crippen molar-refractivity contribution in [2.75, 3.05) is 7.11 Å². The minimum Gasteiger partial charge on any atom is -0.871 e. The van der Waals surface area contributed by atoms with Gasteiger partial charge in [0.2, 0.25) is 0 Å². The van der Waals surface area contributed by atoms with Crippen LogP contribution in [0, 0.1) is 6.92 Å². The number of nitrogens with zero attached hydrogens (tertiary/aromatic N) is 2. The maximum Gasteiger partial charge on any atom is 0.337 e.